The molecule has 0 saturated heterocycles. The Kier molecular flexibility index (Phi) is 4.16. The van der Waals surface area contributed by atoms with Crippen LogP contribution in [0, 0.1) is 0 Å². The fourth-order valence-electron chi connectivity index (χ4n) is 4.20. The molecule has 3 aromatic heterocycles. The molecule has 3 aromatic rings. The van der Waals surface area contributed by atoms with Crippen LogP contribution in [-0.4, -0.2) is 43.4 Å². The van der Waals surface area contributed by atoms with Gasteiger partial charge < -0.3 is 14.6 Å². The molecule has 1 saturated carbocycles. The maximum Gasteiger partial charge on any atom is 0.241 e. The van der Waals surface area contributed by atoms with Crippen molar-refractivity contribution in [2.75, 3.05) is 12.4 Å². The molecule has 2 aliphatic rings. The van der Waals surface area contributed by atoms with E-state index in [-0.39, 0.29) is 0 Å². The first kappa shape index (κ1) is 16.5. The normalized spacial score (nSPS) is 22.5. The summed E-state index contributed by atoms with van der Waals surface area (Å²) in [4.78, 5) is 8.97. The third-order valence-electron chi connectivity index (χ3n) is 5.77. The number of ether oxygens (including phenoxy) is 1. The van der Waals surface area contributed by atoms with Crippen LogP contribution in [-0.2, 0) is 11.2 Å². The lowest BCUT2D eigenvalue weighted by atomic mass is 9.93. The summed E-state index contributed by atoms with van der Waals surface area (Å²) >= 11 is 0. The Balaban J connectivity index is 1.36. The Hall–Kier alpha value is -2.67. The zero-order chi connectivity index (χ0) is 18.2. The fraction of sp³-hybridized carbons (Fsp3) is 0.450. The molecule has 0 unspecified atom stereocenters. The van der Waals surface area contributed by atoms with Crippen LogP contribution >= 0.6 is 0 Å². The molecule has 0 spiro atoms. The first-order valence-corrected chi connectivity index (χ1v) is 9.66. The highest BCUT2D eigenvalue weighted by molar-refractivity contribution is 5.85. The Morgan fingerprint density at radius 2 is 2.00 bits per heavy atom. The number of rotatable bonds is 4. The van der Waals surface area contributed by atoms with E-state index in [1.54, 1.807) is 7.11 Å². The van der Waals surface area contributed by atoms with Crippen molar-refractivity contribution in [2.24, 2.45) is 0 Å². The average Bonchev–Trinajstić information content (AvgIpc) is 3.34. The molecule has 1 aliphatic heterocycles. The third-order valence-corrected chi connectivity index (χ3v) is 5.77. The predicted octanol–water partition coefficient (Wildman–Crippen LogP) is 3.24. The molecule has 0 amide bonds. The van der Waals surface area contributed by atoms with Crippen molar-refractivity contribution in [3.05, 3.63) is 42.2 Å². The standard InChI is InChI=1S/C20H24N6O/c1-27-16-5-3-15(4-6-16)23-20-22-12-18-17(8-10-26(18)24-20)14-2-7-19-21-9-11-25(19)13-14/h8-13,15-16H,2-7H2,1H3,(H,23,24). The number of allylic oxidation sites excluding steroid dienone is 1. The van der Waals surface area contributed by atoms with Gasteiger partial charge in [-0.3, -0.25) is 0 Å². The maximum absolute atomic E-state index is 5.45. The molecular weight excluding hydrogens is 340 g/mol. The molecule has 5 rings (SSSR count). The second-order valence-electron chi connectivity index (χ2n) is 7.40. The molecule has 1 N–H and O–H groups in total. The molecule has 140 valence electrons. The van der Waals surface area contributed by atoms with E-state index in [1.807, 2.05) is 29.3 Å². The van der Waals surface area contributed by atoms with E-state index in [9.17, 15) is 0 Å². The highest BCUT2D eigenvalue weighted by Gasteiger charge is 2.22. The van der Waals surface area contributed by atoms with Crippen molar-refractivity contribution in [1.82, 2.24) is 24.1 Å². The second kappa shape index (κ2) is 6.81. The largest absolute Gasteiger partial charge is 0.381 e. The second-order valence-corrected chi connectivity index (χ2v) is 7.40. The van der Waals surface area contributed by atoms with Crippen LogP contribution in [0.25, 0.3) is 17.3 Å². The van der Waals surface area contributed by atoms with Crippen molar-refractivity contribution >= 4 is 23.2 Å². The Morgan fingerprint density at radius 1 is 1.11 bits per heavy atom. The molecule has 0 atom stereocenters. The Bertz CT molecular complexity index is 979. The maximum atomic E-state index is 5.45. The molecule has 7 heteroatoms. The van der Waals surface area contributed by atoms with Crippen LogP contribution in [0.3, 0.4) is 0 Å². The quantitative estimate of drug-likeness (QED) is 0.770. The van der Waals surface area contributed by atoms with Crippen molar-refractivity contribution < 1.29 is 4.74 Å². The van der Waals surface area contributed by atoms with E-state index in [0.29, 0.717) is 18.1 Å². The zero-order valence-corrected chi connectivity index (χ0v) is 15.5. The Labute approximate surface area is 158 Å². The summed E-state index contributed by atoms with van der Waals surface area (Å²) < 4.78 is 9.48. The monoisotopic (exact) mass is 364 g/mol. The minimum Gasteiger partial charge on any atom is -0.381 e. The van der Waals surface area contributed by atoms with Gasteiger partial charge in [0.05, 0.1) is 17.8 Å². The van der Waals surface area contributed by atoms with Crippen LogP contribution in [0.15, 0.2) is 30.9 Å². The number of aromatic nitrogens is 5. The summed E-state index contributed by atoms with van der Waals surface area (Å²) in [6, 6.07) is 2.55. The van der Waals surface area contributed by atoms with Gasteiger partial charge in [0.25, 0.3) is 0 Å². The lowest BCUT2D eigenvalue weighted by Crippen LogP contribution is -2.30. The highest BCUT2D eigenvalue weighted by Crippen LogP contribution is 2.29. The molecule has 4 heterocycles. The van der Waals surface area contributed by atoms with E-state index in [2.05, 4.69) is 37.2 Å². The lowest BCUT2D eigenvalue weighted by molar-refractivity contribution is 0.0681. The minimum absolute atomic E-state index is 0.401. The molecule has 27 heavy (non-hydrogen) atoms. The molecule has 7 nitrogen and oxygen atoms in total. The number of fused-ring (bicyclic) bond motifs is 2. The summed E-state index contributed by atoms with van der Waals surface area (Å²) in [5, 5.41) is 8.17. The number of hydrogen-bond acceptors (Lipinski definition) is 5. The highest BCUT2D eigenvalue weighted by atomic mass is 16.5. The van der Waals surface area contributed by atoms with Crippen LogP contribution in [0.2, 0.25) is 0 Å². The molecule has 0 radical (unpaired) electrons. The number of nitrogens with one attached hydrogen (secondary N) is 1. The molecule has 1 fully saturated rings. The molecule has 0 aromatic carbocycles. The average molecular weight is 364 g/mol. The van der Waals surface area contributed by atoms with E-state index in [0.717, 1.165) is 49.9 Å². The first-order chi connectivity index (χ1) is 13.3. The Morgan fingerprint density at radius 3 is 2.85 bits per heavy atom. The summed E-state index contributed by atoms with van der Waals surface area (Å²) in [5.74, 6) is 1.81. The van der Waals surface area contributed by atoms with Gasteiger partial charge in [-0.15, -0.1) is 5.10 Å². The molecular formula is C20H24N6O. The zero-order valence-electron chi connectivity index (χ0n) is 15.5. The summed E-state index contributed by atoms with van der Waals surface area (Å²) in [7, 11) is 1.80. The molecule has 1 aliphatic carbocycles. The SMILES string of the molecule is COC1CCC(Nc2ncc3c(C4=Cn5ccnc5CC4)ccn3n2)CC1. The first-order valence-electron chi connectivity index (χ1n) is 9.66. The fourth-order valence-corrected chi connectivity index (χ4v) is 4.20. The van der Waals surface area contributed by atoms with Gasteiger partial charge in [0.15, 0.2) is 0 Å². The van der Waals surface area contributed by atoms with Gasteiger partial charge in [0, 0.05) is 49.9 Å². The van der Waals surface area contributed by atoms with Crippen LogP contribution < -0.4 is 5.32 Å². The van der Waals surface area contributed by atoms with Gasteiger partial charge in [0.2, 0.25) is 5.95 Å². The van der Waals surface area contributed by atoms with Crippen LogP contribution in [0.5, 0.6) is 0 Å². The van der Waals surface area contributed by atoms with E-state index >= 15 is 0 Å². The third kappa shape index (κ3) is 3.12. The number of methoxy groups -OCH3 is 1. The van der Waals surface area contributed by atoms with Gasteiger partial charge >= 0.3 is 0 Å². The lowest BCUT2D eigenvalue weighted by Gasteiger charge is -2.28. The van der Waals surface area contributed by atoms with Gasteiger partial charge in [-0.1, -0.05) is 0 Å². The topological polar surface area (TPSA) is 69.3 Å². The van der Waals surface area contributed by atoms with Crippen LogP contribution in [0.4, 0.5) is 5.95 Å². The van der Waals surface area contributed by atoms with Gasteiger partial charge in [0.1, 0.15) is 5.82 Å². The van der Waals surface area contributed by atoms with Crippen LogP contribution in [0.1, 0.15) is 43.5 Å². The summed E-state index contributed by atoms with van der Waals surface area (Å²) in [5.41, 5.74) is 3.53. The van der Waals surface area contributed by atoms with E-state index < -0.39 is 0 Å². The predicted molar refractivity (Wildman–Crippen MR) is 104 cm³/mol. The minimum atomic E-state index is 0.401. The van der Waals surface area contributed by atoms with Crippen molar-refractivity contribution in [2.45, 2.75) is 50.7 Å². The van der Waals surface area contributed by atoms with Gasteiger partial charge in [-0.2, -0.15) is 0 Å². The van der Waals surface area contributed by atoms with Gasteiger partial charge in [-0.05, 0) is 43.7 Å². The van der Waals surface area contributed by atoms with E-state index in [4.69, 9.17) is 4.74 Å². The number of imidazole rings is 1. The molecule has 0 bridgehead atoms. The summed E-state index contributed by atoms with van der Waals surface area (Å²) in [6.45, 7) is 0. The number of hydrogen-bond donors (Lipinski definition) is 1. The number of anilines is 1. The van der Waals surface area contributed by atoms with Crippen molar-refractivity contribution in [1.29, 1.82) is 0 Å². The van der Waals surface area contributed by atoms with Crippen molar-refractivity contribution in [3.8, 4) is 0 Å². The summed E-state index contributed by atoms with van der Waals surface area (Å²) in [6.07, 6.45) is 16.7. The smallest absolute Gasteiger partial charge is 0.241 e. The van der Waals surface area contributed by atoms with E-state index in [1.165, 1.54) is 11.1 Å². The number of aryl methyl sites for hydroxylation is 1. The number of nitrogens with zero attached hydrogens (tertiary/aromatic N) is 5. The van der Waals surface area contributed by atoms with Crippen molar-refractivity contribution in [3.63, 3.8) is 0 Å². The van der Waals surface area contributed by atoms with Gasteiger partial charge in [-0.25, -0.2) is 14.5 Å².